The highest BCUT2D eigenvalue weighted by Gasteiger charge is 2.29. The Labute approximate surface area is 157 Å². The second-order valence-corrected chi connectivity index (χ2v) is 8.57. The summed E-state index contributed by atoms with van der Waals surface area (Å²) >= 11 is 4.33. The standard InChI is InChI=1S/C17H19N3O4S2/c1-13-12-15(25)4-7-17(13)18-8-10-19(11-9-18)26(23,24)16-5-2-14(3-6-16)20(21)22/h2-7,12,25H,8-11H2,1H3. The van der Waals surface area contributed by atoms with Crippen LogP contribution in [0.25, 0.3) is 0 Å². The van der Waals surface area contributed by atoms with E-state index in [0.29, 0.717) is 26.2 Å². The maximum Gasteiger partial charge on any atom is 0.269 e. The van der Waals surface area contributed by atoms with Crippen molar-refractivity contribution in [3.8, 4) is 0 Å². The molecule has 1 saturated heterocycles. The van der Waals surface area contributed by atoms with E-state index < -0.39 is 14.9 Å². The lowest BCUT2D eigenvalue weighted by Crippen LogP contribution is -2.48. The first-order valence-electron chi connectivity index (χ1n) is 8.08. The van der Waals surface area contributed by atoms with Crippen LogP contribution in [0, 0.1) is 17.0 Å². The average Bonchev–Trinajstić information content (AvgIpc) is 2.62. The fraction of sp³-hybridized carbons (Fsp3) is 0.294. The van der Waals surface area contributed by atoms with Crippen molar-refractivity contribution in [1.29, 1.82) is 0 Å². The monoisotopic (exact) mass is 393 g/mol. The molecule has 2 aromatic carbocycles. The number of rotatable bonds is 4. The predicted octanol–water partition coefficient (Wildman–Crippen LogP) is 2.70. The number of thiol groups is 1. The number of sulfonamides is 1. The molecule has 9 heteroatoms. The topological polar surface area (TPSA) is 83.8 Å². The quantitative estimate of drug-likeness (QED) is 0.491. The third-order valence-electron chi connectivity index (χ3n) is 4.45. The molecule has 0 radical (unpaired) electrons. The van der Waals surface area contributed by atoms with Crippen molar-refractivity contribution in [1.82, 2.24) is 4.31 Å². The van der Waals surface area contributed by atoms with E-state index in [1.807, 2.05) is 25.1 Å². The van der Waals surface area contributed by atoms with Gasteiger partial charge in [0, 0.05) is 48.9 Å². The van der Waals surface area contributed by atoms with Crippen molar-refractivity contribution in [2.45, 2.75) is 16.7 Å². The number of nitro benzene ring substituents is 1. The maximum absolute atomic E-state index is 12.8. The predicted molar refractivity (Wildman–Crippen MR) is 102 cm³/mol. The van der Waals surface area contributed by atoms with Crippen molar-refractivity contribution < 1.29 is 13.3 Å². The molecule has 1 heterocycles. The number of hydrogen-bond donors (Lipinski definition) is 1. The van der Waals surface area contributed by atoms with Crippen LogP contribution < -0.4 is 4.90 Å². The highest BCUT2D eigenvalue weighted by atomic mass is 32.2. The second kappa shape index (κ2) is 7.26. The first-order chi connectivity index (χ1) is 12.3. The van der Waals surface area contributed by atoms with Gasteiger partial charge in [-0.05, 0) is 42.8 Å². The van der Waals surface area contributed by atoms with Crippen LogP contribution in [0.2, 0.25) is 0 Å². The lowest BCUT2D eigenvalue weighted by Gasteiger charge is -2.36. The SMILES string of the molecule is Cc1cc(S)ccc1N1CCN(S(=O)(=O)c2ccc([N+](=O)[O-])cc2)CC1. The molecule has 3 rings (SSSR count). The zero-order valence-electron chi connectivity index (χ0n) is 14.2. The minimum Gasteiger partial charge on any atom is -0.369 e. The highest BCUT2D eigenvalue weighted by molar-refractivity contribution is 7.89. The highest BCUT2D eigenvalue weighted by Crippen LogP contribution is 2.26. The summed E-state index contributed by atoms with van der Waals surface area (Å²) in [6.07, 6.45) is 0. The summed E-state index contributed by atoms with van der Waals surface area (Å²) in [5.74, 6) is 0. The van der Waals surface area contributed by atoms with E-state index in [9.17, 15) is 18.5 Å². The van der Waals surface area contributed by atoms with Crippen LogP contribution in [0.5, 0.6) is 0 Å². The summed E-state index contributed by atoms with van der Waals surface area (Å²) < 4.78 is 26.9. The van der Waals surface area contributed by atoms with Gasteiger partial charge in [-0.15, -0.1) is 12.6 Å². The number of anilines is 1. The molecular formula is C17H19N3O4S2. The van der Waals surface area contributed by atoms with Gasteiger partial charge >= 0.3 is 0 Å². The van der Waals surface area contributed by atoms with E-state index in [4.69, 9.17) is 0 Å². The van der Waals surface area contributed by atoms with Gasteiger partial charge in [0.1, 0.15) is 0 Å². The summed E-state index contributed by atoms with van der Waals surface area (Å²) in [5, 5.41) is 10.7. The lowest BCUT2D eigenvalue weighted by molar-refractivity contribution is -0.384. The molecule has 0 aliphatic carbocycles. The van der Waals surface area contributed by atoms with Crippen molar-refractivity contribution in [3.05, 3.63) is 58.1 Å². The van der Waals surface area contributed by atoms with Gasteiger partial charge in [0.2, 0.25) is 10.0 Å². The zero-order chi connectivity index (χ0) is 18.9. The maximum atomic E-state index is 12.8. The van der Waals surface area contributed by atoms with Gasteiger partial charge in [-0.25, -0.2) is 8.42 Å². The summed E-state index contributed by atoms with van der Waals surface area (Å²) in [6.45, 7) is 3.90. The summed E-state index contributed by atoms with van der Waals surface area (Å²) in [7, 11) is -3.66. The Bertz CT molecular complexity index is 922. The van der Waals surface area contributed by atoms with Crippen LogP contribution in [0.3, 0.4) is 0 Å². The Morgan fingerprint density at radius 1 is 1.04 bits per heavy atom. The van der Waals surface area contributed by atoms with Crippen LogP contribution >= 0.6 is 12.6 Å². The van der Waals surface area contributed by atoms with Crippen LogP contribution in [0.4, 0.5) is 11.4 Å². The molecule has 0 aromatic heterocycles. The Hall–Kier alpha value is -2.10. The average molecular weight is 393 g/mol. The molecule has 0 atom stereocenters. The molecular weight excluding hydrogens is 374 g/mol. The largest absolute Gasteiger partial charge is 0.369 e. The van der Waals surface area contributed by atoms with E-state index in [0.717, 1.165) is 16.1 Å². The molecule has 26 heavy (non-hydrogen) atoms. The molecule has 7 nitrogen and oxygen atoms in total. The van der Waals surface area contributed by atoms with E-state index in [1.54, 1.807) is 0 Å². The van der Waals surface area contributed by atoms with Gasteiger partial charge < -0.3 is 4.90 Å². The Morgan fingerprint density at radius 2 is 1.65 bits per heavy atom. The van der Waals surface area contributed by atoms with Gasteiger partial charge in [0.15, 0.2) is 0 Å². The number of hydrogen-bond acceptors (Lipinski definition) is 6. The van der Waals surface area contributed by atoms with E-state index in [-0.39, 0.29) is 10.6 Å². The third-order valence-corrected chi connectivity index (χ3v) is 6.64. The normalized spacial score (nSPS) is 15.8. The number of benzene rings is 2. The van der Waals surface area contributed by atoms with Crippen LogP contribution in [-0.2, 0) is 10.0 Å². The smallest absolute Gasteiger partial charge is 0.269 e. The summed E-state index contributed by atoms with van der Waals surface area (Å²) in [6, 6.07) is 10.9. The van der Waals surface area contributed by atoms with Crippen LogP contribution in [-0.4, -0.2) is 43.8 Å². The number of piperazine rings is 1. The number of non-ortho nitro benzene ring substituents is 1. The fourth-order valence-electron chi connectivity index (χ4n) is 3.05. The summed E-state index contributed by atoms with van der Waals surface area (Å²) in [5.41, 5.74) is 2.05. The molecule has 1 aliphatic heterocycles. The van der Waals surface area contributed by atoms with E-state index >= 15 is 0 Å². The minimum atomic E-state index is -3.66. The molecule has 0 spiro atoms. The van der Waals surface area contributed by atoms with Crippen LogP contribution in [0.15, 0.2) is 52.3 Å². The first-order valence-corrected chi connectivity index (χ1v) is 9.97. The number of aryl methyl sites for hydroxylation is 1. The molecule has 0 unspecified atom stereocenters. The number of nitro groups is 1. The fourth-order valence-corrected chi connectivity index (χ4v) is 4.74. The Kier molecular flexibility index (Phi) is 5.22. The minimum absolute atomic E-state index is 0.0761. The molecule has 138 valence electrons. The van der Waals surface area contributed by atoms with E-state index in [1.165, 1.54) is 28.6 Å². The van der Waals surface area contributed by atoms with Gasteiger partial charge in [0.05, 0.1) is 9.82 Å². The first kappa shape index (κ1) is 18.7. The second-order valence-electron chi connectivity index (χ2n) is 6.11. The molecule has 0 bridgehead atoms. The molecule has 1 aliphatic rings. The molecule has 0 amide bonds. The Balaban J connectivity index is 1.73. The molecule has 1 fully saturated rings. The van der Waals surface area contributed by atoms with Gasteiger partial charge in [-0.1, -0.05) is 0 Å². The number of nitrogens with zero attached hydrogens (tertiary/aromatic N) is 3. The van der Waals surface area contributed by atoms with Crippen molar-refractivity contribution in [3.63, 3.8) is 0 Å². The third kappa shape index (κ3) is 3.69. The molecule has 0 N–H and O–H groups in total. The zero-order valence-corrected chi connectivity index (χ0v) is 15.9. The molecule has 2 aromatic rings. The van der Waals surface area contributed by atoms with Gasteiger partial charge in [0.25, 0.3) is 5.69 Å². The van der Waals surface area contributed by atoms with Crippen LogP contribution in [0.1, 0.15) is 5.56 Å². The van der Waals surface area contributed by atoms with Crippen molar-refractivity contribution in [2.75, 3.05) is 31.1 Å². The summed E-state index contributed by atoms with van der Waals surface area (Å²) in [4.78, 5) is 13.3. The van der Waals surface area contributed by atoms with Gasteiger partial charge in [-0.2, -0.15) is 4.31 Å². The Morgan fingerprint density at radius 3 is 2.19 bits per heavy atom. The lowest BCUT2D eigenvalue weighted by atomic mass is 10.1. The van der Waals surface area contributed by atoms with E-state index in [2.05, 4.69) is 17.5 Å². The molecule has 0 saturated carbocycles. The van der Waals surface area contributed by atoms with Crippen molar-refractivity contribution in [2.24, 2.45) is 0 Å². The van der Waals surface area contributed by atoms with Crippen molar-refractivity contribution >= 4 is 34.0 Å². The van der Waals surface area contributed by atoms with Gasteiger partial charge in [-0.3, -0.25) is 10.1 Å².